The Balaban J connectivity index is 1.56. The molecule has 0 radical (unpaired) electrons. The van der Waals surface area contributed by atoms with Crippen LogP contribution in [0.3, 0.4) is 0 Å². The normalized spacial score (nSPS) is 12.4. The third-order valence-electron chi connectivity index (χ3n) is 4.50. The lowest BCUT2D eigenvalue weighted by Gasteiger charge is -2.17. The topological polar surface area (TPSA) is 65.1 Å². The highest BCUT2D eigenvalue weighted by atomic mass is 16.5. The zero-order chi connectivity index (χ0) is 19.9. The molecule has 0 fully saturated rings. The lowest BCUT2D eigenvalue weighted by Crippen LogP contribution is -2.33. The number of anilines is 1. The second-order valence-corrected chi connectivity index (χ2v) is 6.41. The summed E-state index contributed by atoms with van der Waals surface area (Å²) < 4.78 is 16.3. The molecule has 1 aliphatic rings. The average molecular weight is 383 g/mol. The Morgan fingerprint density at radius 1 is 1.00 bits per heavy atom. The van der Waals surface area contributed by atoms with Crippen LogP contribution in [0.15, 0.2) is 42.5 Å². The van der Waals surface area contributed by atoms with Crippen molar-refractivity contribution < 1.29 is 23.8 Å². The number of esters is 1. The number of ether oxygens (including phenoxy) is 3. The number of rotatable bonds is 8. The molecule has 6 nitrogen and oxygen atoms in total. The van der Waals surface area contributed by atoms with E-state index in [1.807, 2.05) is 38.1 Å². The summed E-state index contributed by atoms with van der Waals surface area (Å²) in [4.78, 5) is 26.3. The van der Waals surface area contributed by atoms with Crippen molar-refractivity contribution in [2.24, 2.45) is 0 Å². The number of hydrogen-bond acceptors (Lipinski definition) is 5. The van der Waals surface area contributed by atoms with E-state index in [9.17, 15) is 9.59 Å². The van der Waals surface area contributed by atoms with Gasteiger partial charge in [0.05, 0.1) is 19.6 Å². The van der Waals surface area contributed by atoms with E-state index in [1.54, 1.807) is 23.1 Å². The highest BCUT2D eigenvalue weighted by molar-refractivity contribution is 5.97. The molecule has 0 aromatic heterocycles. The van der Waals surface area contributed by atoms with Crippen LogP contribution < -0.4 is 14.4 Å². The fourth-order valence-corrected chi connectivity index (χ4v) is 3.24. The molecule has 0 saturated carbocycles. The molecular weight excluding hydrogens is 358 g/mol. The van der Waals surface area contributed by atoms with Crippen molar-refractivity contribution in [2.45, 2.75) is 26.7 Å². The van der Waals surface area contributed by atoms with E-state index in [1.165, 1.54) is 0 Å². The first kappa shape index (κ1) is 19.7. The lowest BCUT2D eigenvalue weighted by atomic mass is 10.1. The molecule has 0 bridgehead atoms. The first-order chi connectivity index (χ1) is 13.6. The monoisotopic (exact) mass is 383 g/mol. The SMILES string of the molecule is CCOc1ccc(CC(=O)OCC(=O)N2CCc3ccccc32)cc1OCC. The minimum atomic E-state index is -0.451. The predicted octanol–water partition coefficient (Wildman–Crippen LogP) is 3.16. The molecule has 1 aliphatic heterocycles. The number of para-hydroxylation sites is 1. The third-order valence-corrected chi connectivity index (χ3v) is 4.50. The standard InChI is InChI=1S/C22H25NO5/c1-3-26-19-10-9-16(13-20(19)27-4-2)14-22(25)28-15-21(24)23-12-11-17-7-5-6-8-18(17)23/h5-10,13H,3-4,11-12,14-15H2,1-2H3. The van der Waals surface area contributed by atoms with Gasteiger partial charge in [0.15, 0.2) is 18.1 Å². The number of amides is 1. The molecule has 1 heterocycles. The van der Waals surface area contributed by atoms with E-state index >= 15 is 0 Å². The summed E-state index contributed by atoms with van der Waals surface area (Å²) in [5, 5.41) is 0. The van der Waals surface area contributed by atoms with Gasteiger partial charge in [0.25, 0.3) is 5.91 Å². The number of hydrogen-bond donors (Lipinski definition) is 0. The van der Waals surface area contributed by atoms with Crippen LogP contribution in [0, 0.1) is 0 Å². The largest absolute Gasteiger partial charge is 0.490 e. The first-order valence-corrected chi connectivity index (χ1v) is 9.54. The molecule has 0 spiro atoms. The molecule has 0 N–H and O–H groups in total. The summed E-state index contributed by atoms with van der Waals surface area (Å²) >= 11 is 0. The van der Waals surface area contributed by atoms with Crippen LogP contribution in [0.1, 0.15) is 25.0 Å². The van der Waals surface area contributed by atoms with Gasteiger partial charge in [-0.3, -0.25) is 9.59 Å². The maximum Gasteiger partial charge on any atom is 0.310 e. The Morgan fingerprint density at radius 3 is 2.54 bits per heavy atom. The highest BCUT2D eigenvalue weighted by Crippen LogP contribution is 2.29. The number of carbonyl (C=O) groups is 2. The fourth-order valence-electron chi connectivity index (χ4n) is 3.24. The molecule has 6 heteroatoms. The van der Waals surface area contributed by atoms with Crippen LogP contribution in [0.4, 0.5) is 5.69 Å². The minimum Gasteiger partial charge on any atom is -0.490 e. The van der Waals surface area contributed by atoms with Crippen molar-refractivity contribution in [1.29, 1.82) is 0 Å². The molecule has 0 atom stereocenters. The summed E-state index contributed by atoms with van der Waals surface area (Å²) in [6, 6.07) is 13.1. The summed E-state index contributed by atoms with van der Waals surface area (Å²) in [5.41, 5.74) is 2.78. The third kappa shape index (κ3) is 4.63. The van der Waals surface area contributed by atoms with Gasteiger partial charge in [-0.25, -0.2) is 0 Å². The zero-order valence-corrected chi connectivity index (χ0v) is 16.3. The van der Waals surface area contributed by atoms with Crippen LogP contribution in [0.25, 0.3) is 0 Å². The Labute approximate surface area is 165 Å². The van der Waals surface area contributed by atoms with Crippen LogP contribution >= 0.6 is 0 Å². The summed E-state index contributed by atoms with van der Waals surface area (Å²) in [5.74, 6) is 0.580. The molecule has 2 aromatic carbocycles. The molecule has 0 unspecified atom stereocenters. The molecule has 28 heavy (non-hydrogen) atoms. The van der Waals surface area contributed by atoms with Gasteiger partial charge in [0, 0.05) is 12.2 Å². The van der Waals surface area contributed by atoms with E-state index in [-0.39, 0.29) is 18.9 Å². The number of nitrogens with zero attached hydrogens (tertiary/aromatic N) is 1. The maximum atomic E-state index is 12.4. The quantitative estimate of drug-likeness (QED) is 0.655. The number of benzene rings is 2. The van der Waals surface area contributed by atoms with Gasteiger partial charge in [-0.2, -0.15) is 0 Å². The Morgan fingerprint density at radius 2 is 1.75 bits per heavy atom. The van der Waals surface area contributed by atoms with Crippen LogP contribution in [-0.2, 0) is 27.2 Å². The molecular formula is C22H25NO5. The smallest absolute Gasteiger partial charge is 0.310 e. The minimum absolute atomic E-state index is 0.0658. The lowest BCUT2D eigenvalue weighted by molar-refractivity contribution is -0.147. The van der Waals surface area contributed by atoms with Gasteiger partial charge in [0.1, 0.15) is 0 Å². The maximum absolute atomic E-state index is 12.4. The van der Waals surface area contributed by atoms with Crippen molar-refractivity contribution in [3.05, 3.63) is 53.6 Å². The van der Waals surface area contributed by atoms with E-state index in [0.717, 1.165) is 23.2 Å². The first-order valence-electron chi connectivity index (χ1n) is 9.54. The summed E-state index contributed by atoms with van der Waals surface area (Å²) in [6.07, 6.45) is 0.887. The molecule has 2 aromatic rings. The van der Waals surface area contributed by atoms with Crippen molar-refractivity contribution in [1.82, 2.24) is 0 Å². The Bertz CT molecular complexity index is 849. The van der Waals surface area contributed by atoms with Crippen LogP contribution in [0.2, 0.25) is 0 Å². The van der Waals surface area contributed by atoms with Gasteiger partial charge in [0.2, 0.25) is 0 Å². The van der Waals surface area contributed by atoms with Crippen molar-refractivity contribution >= 4 is 17.6 Å². The van der Waals surface area contributed by atoms with Crippen LogP contribution in [0.5, 0.6) is 11.5 Å². The van der Waals surface area contributed by atoms with Gasteiger partial charge >= 0.3 is 5.97 Å². The zero-order valence-electron chi connectivity index (χ0n) is 16.3. The molecule has 0 saturated heterocycles. The second kappa shape index (κ2) is 9.26. The fraction of sp³-hybridized carbons (Fsp3) is 0.364. The number of carbonyl (C=O) groups excluding carboxylic acids is 2. The van der Waals surface area contributed by atoms with Gasteiger partial charge in [-0.15, -0.1) is 0 Å². The van der Waals surface area contributed by atoms with Crippen molar-refractivity contribution in [3.8, 4) is 11.5 Å². The van der Waals surface area contributed by atoms with E-state index in [2.05, 4.69) is 0 Å². The predicted molar refractivity (Wildman–Crippen MR) is 106 cm³/mol. The van der Waals surface area contributed by atoms with E-state index in [4.69, 9.17) is 14.2 Å². The Kier molecular flexibility index (Phi) is 6.53. The van der Waals surface area contributed by atoms with Crippen molar-refractivity contribution in [3.63, 3.8) is 0 Å². The highest BCUT2D eigenvalue weighted by Gasteiger charge is 2.24. The van der Waals surface area contributed by atoms with Gasteiger partial charge < -0.3 is 19.1 Å². The van der Waals surface area contributed by atoms with Gasteiger partial charge in [-0.1, -0.05) is 24.3 Å². The van der Waals surface area contributed by atoms with Crippen molar-refractivity contribution in [2.75, 3.05) is 31.3 Å². The summed E-state index contributed by atoms with van der Waals surface area (Å²) in [7, 11) is 0. The van der Waals surface area contributed by atoms with E-state index < -0.39 is 5.97 Å². The molecule has 148 valence electrons. The van der Waals surface area contributed by atoms with Gasteiger partial charge in [-0.05, 0) is 49.6 Å². The number of fused-ring (bicyclic) bond motifs is 1. The Hall–Kier alpha value is -3.02. The average Bonchev–Trinajstić information content (AvgIpc) is 3.13. The summed E-state index contributed by atoms with van der Waals surface area (Å²) in [6.45, 7) is 5.17. The molecule has 1 amide bonds. The van der Waals surface area contributed by atoms with Crippen LogP contribution in [-0.4, -0.2) is 38.2 Å². The molecule has 3 rings (SSSR count). The molecule has 0 aliphatic carbocycles. The second-order valence-electron chi connectivity index (χ2n) is 6.41. The van der Waals surface area contributed by atoms with E-state index in [0.29, 0.717) is 31.3 Å².